The molecule has 0 spiro atoms. The van der Waals surface area contributed by atoms with E-state index < -0.39 is 5.54 Å². The number of aliphatic imine (C=N–C) groups is 1. The first kappa shape index (κ1) is 13.8. The molecule has 0 radical (unpaired) electrons. The molecule has 0 amide bonds. The van der Waals surface area contributed by atoms with E-state index in [1.54, 1.807) is 20.3 Å². The Hall–Kier alpha value is -1.80. The first-order chi connectivity index (χ1) is 10.7. The number of hydrogen-bond acceptors (Lipinski definition) is 4. The van der Waals surface area contributed by atoms with Crippen LogP contribution in [0.5, 0.6) is 11.5 Å². The van der Waals surface area contributed by atoms with Gasteiger partial charge in [0.2, 0.25) is 6.08 Å². The zero-order valence-corrected chi connectivity index (χ0v) is 13.1. The van der Waals surface area contributed by atoms with Gasteiger partial charge in [0.25, 0.3) is 0 Å². The second-order valence-electron chi connectivity index (χ2n) is 6.78. The molecule has 1 aromatic carbocycles. The first-order valence-electron chi connectivity index (χ1n) is 8.12. The highest BCUT2D eigenvalue weighted by Crippen LogP contribution is 2.61. The lowest BCUT2D eigenvalue weighted by Gasteiger charge is -2.39. The Balaban J connectivity index is 1.97. The van der Waals surface area contributed by atoms with Crippen LogP contribution < -0.4 is 9.47 Å². The van der Waals surface area contributed by atoms with Crippen LogP contribution in [0.2, 0.25) is 0 Å². The van der Waals surface area contributed by atoms with Gasteiger partial charge in [-0.05, 0) is 56.4 Å². The van der Waals surface area contributed by atoms with Gasteiger partial charge in [0.1, 0.15) is 17.0 Å². The molecule has 116 valence electrons. The van der Waals surface area contributed by atoms with E-state index in [-0.39, 0.29) is 0 Å². The summed E-state index contributed by atoms with van der Waals surface area (Å²) in [5, 5.41) is 0. The number of isocyanates is 1. The van der Waals surface area contributed by atoms with Gasteiger partial charge in [-0.3, -0.25) is 0 Å². The average molecular weight is 299 g/mol. The third kappa shape index (κ3) is 1.65. The van der Waals surface area contributed by atoms with E-state index >= 15 is 0 Å². The maximum absolute atomic E-state index is 10.9. The molecule has 0 saturated heterocycles. The van der Waals surface area contributed by atoms with Gasteiger partial charge in [-0.1, -0.05) is 0 Å². The molecule has 4 rings (SSSR count). The first-order valence-corrected chi connectivity index (χ1v) is 8.12. The molecule has 3 aliphatic rings. The van der Waals surface area contributed by atoms with E-state index in [0.717, 1.165) is 36.3 Å². The molecule has 1 aromatic rings. The monoisotopic (exact) mass is 299 g/mol. The standard InChI is InChI=1S/C18H21NO3/c1-21-14-9-13(18(19-10-20)6-3-7-18)17(22-2)16-12-5-4-11(8-12)15(14)16/h9,11-12H,3-8H2,1-2H3. The summed E-state index contributed by atoms with van der Waals surface area (Å²) in [6.07, 6.45) is 8.30. The Morgan fingerprint density at radius 2 is 1.91 bits per heavy atom. The highest BCUT2D eigenvalue weighted by atomic mass is 16.5. The molecule has 4 heteroatoms. The van der Waals surface area contributed by atoms with Gasteiger partial charge in [-0.15, -0.1) is 0 Å². The van der Waals surface area contributed by atoms with Crippen molar-refractivity contribution in [2.75, 3.05) is 14.2 Å². The Morgan fingerprint density at radius 3 is 2.45 bits per heavy atom. The van der Waals surface area contributed by atoms with Gasteiger partial charge >= 0.3 is 0 Å². The summed E-state index contributed by atoms with van der Waals surface area (Å²) in [6, 6.07) is 2.07. The molecule has 2 bridgehead atoms. The summed E-state index contributed by atoms with van der Waals surface area (Å²) >= 11 is 0. The van der Waals surface area contributed by atoms with Crippen LogP contribution in [-0.4, -0.2) is 20.3 Å². The lowest BCUT2D eigenvalue weighted by atomic mass is 9.70. The van der Waals surface area contributed by atoms with Gasteiger partial charge in [0.15, 0.2) is 0 Å². The number of carbonyl (C=O) groups excluding carboxylic acids is 1. The summed E-state index contributed by atoms with van der Waals surface area (Å²) in [7, 11) is 3.46. The molecule has 0 heterocycles. The van der Waals surface area contributed by atoms with Crippen LogP contribution in [0.1, 0.15) is 67.1 Å². The summed E-state index contributed by atoms with van der Waals surface area (Å²) in [5.74, 6) is 3.07. The Bertz CT molecular complexity index is 671. The SMILES string of the molecule is COc1cc(C2(N=C=O)CCC2)c(OC)c2c1C1CCC2C1. The predicted molar refractivity (Wildman–Crippen MR) is 82.5 cm³/mol. The van der Waals surface area contributed by atoms with Crippen molar-refractivity contribution < 1.29 is 14.3 Å². The average Bonchev–Trinajstić information content (AvgIpc) is 3.11. The van der Waals surface area contributed by atoms with Gasteiger partial charge in [0.05, 0.1) is 14.2 Å². The summed E-state index contributed by atoms with van der Waals surface area (Å²) in [6.45, 7) is 0. The minimum absolute atomic E-state index is 0.447. The van der Waals surface area contributed by atoms with Gasteiger partial charge in [-0.25, -0.2) is 4.79 Å². The molecular weight excluding hydrogens is 278 g/mol. The number of nitrogens with zero attached hydrogens (tertiary/aromatic N) is 1. The normalized spacial score (nSPS) is 26.8. The van der Waals surface area contributed by atoms with Crippen LogP contribution in [0.25, 0.3) is 0 Å². The van der Waals surface area contributed by atoms with E-state index in [0.29, 0.717) is 11.8 Å². The predicted octanol–water partition coefficient (Wildman–Crippen LogP) is 3.78. The molecule has 0 aliphatic heterocycles. The molecule has 3 aliphatic carbocycles. The maximum atomic E-state index is 10.9. The maximum Gasteiger partial charge on any atom is 0.235 e. The van der Waals surface area contributed by atoms with Crippen molar-refractivity contribution in [3.63, 3.8) is 0 Å². The smallest absolute Gasteiger partial charge is 0.235 e. The number of fused-ring (bicyclic) bond motifs is 5. The molecular formula is C18H21NO3. The fourth-order valence-electron chi connectivity index (χ4n) is 4.78. The van der Waals surface area contributed by atoms with E-state index in [1.165, 1.54) is 30.4 Å². The minimum Gasteiger partial charge on any atom is -0.496 e. The van der Waals surface area contributed by atoms with Crippen LogP contribution in [0.15, 0.2) is 11.1 Å². The van der Waals surface area contributed by atoms with Crippen molar-refractivity contribution in [1.29, 1.82) is 0 Å². The molecule has 0 N–H and O–H groups in total. The topological polar surface area (TPSA) is 47.9 Å². The van der Waals surface area contributed by atoms with Crippen LogP contribution >= 0.6 is 0 Å². The Labute approximate surface area is 130 Å². The quantitative estimate of drug-likeness (QED) is 0.628. The van der Waals surface area contributed by atoms with E-state index in [2.05, 4.69) is 11.1 Å². The molecule has 4 nitrogen and oxygen atoms in total. The molecule has 2 fully saturated rings. The summed E-state index contributed by atoms with van der Waals surface area (Å²) in [4.78, 5) is 15.1. The third-order valence-corrected chi connectivity index (χ3v) is 5.94. The van der Waals surface area contributed by atoms with Crippen molar-refractivity contribution in [3.8, 4) is 11.5 Å². The lowest BCUT2D eigenvalue weighted by Crippen LogP contribution is -2.33. The molecule has 2 unspecified atom stereocenters. The van der Waals surface area contributed by atoms with Crippen LogP contribution in [-0.2, 0) is 10.3 Å². The van der Waals surface area contributed by atoms with Gasteiger partial charge in [0, 0.05) is 16.7 Å². The zero-order chi connectivity index (χ0) is 15.3. The number of benzene rings is 1. The highest BCUT2D eigenvalue weighted by Gasteiger charge is 2.47. The lowest BCUT2D eigenvalue weighted by molar-refractivity contribution is 0.244. The van der Waals surface area contributed by atoms with Crippen LogP contribution in [0, 0.1) is 0 Å². The molecule has 22 heavy (non-hydrogen) atoms. The molecule has 2 atom stereocenters. The number of hydrogen-bond donors (Lipinski definition) is 0. The Morgan fingerprint density at radius 1 is 1.18 bits per heavy atom. The third-order valence-electron chi connectivity index (χ3n) is 5.94. The van der Waals surface area contributed by atoms with Crippen molar-refractivity contribution >= 4 is 6.08 Å². The van der Waals surface area contributed by atoms with Crippen molar-refractivity contribution in [2.45, 2.75) is 55.9 Å². The number of ether oxygens (including phenoxy) is 2. The minimum atomic E-state index is -0.447. The largest absolute Gasteiger partial charge is 0.496 e. The van der Waals surface area contributed by atoms with E-state index in [1.807, 2.05) is 0 Å². The highest BCUT2D eigenvalue weighted by molar-refractivity contribution is 5.63. The van der Waals surface area contributed by atoms with Crippen molar-refractivity contribution in [1.82, 2.24) is 0 Å². The second kappa shape index (κ2) is 4.85. The van der Waals surface area contributed by atoms with Crippen LogP contribution in [0.3, 0.4) is 0 Å². The van der Waals surface area contributed by atoms with Crippen molar-refractivity contribution in [2.24, 2.45) is 4.99 Å². The fraction of sp³-hybridized carbons (Fsp3) is 0.611. The number of rotatable bonds is 4. The second-order valence-corrected chi connectivity index (χ2v) is 6.78. The fourth-order valence-corrected chi connectivity index (χ4v) is 4.78. The van der Waals surface area contributed by atoms with Gasteiger partial charge in [-0.2, -0.15) is 4.99 Å². The van der Waals surface area contributed by atoms with Gasteiger partial charge < -0.3 is 9.47 Å². The number of methoxy groups -OCH3 is 2. The molecule has 2 saturated carbocycles. The van der Waals surface area contributed by atoms with Crippen molar-refractivity contribution in [3.05, 3.63) is 22.8 Å². The van der Waals surface area contributed by atoms with E-state index in [9.17, 15) is 4.79 Å². The van der Waals surface area contributed by atoms with Crippen LogP contribution in [0.4, 0.5) is 0 Å². The zero-order valence-electron chi connectivity index (χ0n) is 13.1. The molecule has 0 aromatic heterocycles. The Kier molecular flexibility index (Phi) is 3.05. The summed E-state index contributed by atoms with van der Waals surface area (Å²) in [5.41, 5.74) is 3.23. The summed E-state index contributed by atoms with van der Waals surface area (Å²) < 4.78 is 11.5. The van der Waals surface area contributed by atoms with E-state index in [4.69, 9.17) is 9.47 Å².